The number of alkyl halides is 3. The number of halogens is 3. The first-order chi connectivity index (χ1) is 24.0. The number of fused-ring (bicyclic) bond motifs is 3. The van der Waals surface area contributed by atoms with Gasteiger partial charge in [0.05, 0.1) is 34.5 Å². The molecule has 4 rings (SSSR count). The number of aromatic hydroxyl groups is 1. The van der Waals surface area contributed by atoms with Gasteiger partial charge >= 0.3 is 5.97 Å². The zero-order valence-electron chi connectivity index (χ0n) is 29.9. The van der Waals surface area contributed by atoms with Crippen LogP contribution in [0.2, 0.25) is 0 Å². The van der Waals surface area contributed by atoms with Gasteiger partial charge in [-0.05, 0) is 79.0 Å². The quantitative estimate of drug-likeness (QED) is 0.0459. The molecule has 0 spiro atoms. The molecule has 2 aromatic rings. The van der Waals surface area contributed by atoms with Gasteiger partial charge in [0.25, 0.3) is 3.79 Å². The van der Waals surface area contributed by atoms with Crippen LogP contribution in [0.15, 0.2) is 36.1 Å². The van der Waals surface area contributed by atoms with Crippen molar-refractivity contribution in [3.63, 3.8) is 0 Å². The summed E-state index contributed by atoms with van der Waals surface area (Å²) in [7, 11) is 6.00. The van der Waals surface area contributed by atoms with Crippen molar-refractivity contribution in [3.05, 3.63) is 47.2 Å². The second-order valence-corrected chi connectivity index (χ2v) is 14.5. The Morgan fingerprint density at radius 1 is 1.00 bits per heavy atom. The highest BCUT2D eigenvalue weighted by Crippen LogP contribution is 2.51. The molecule has 2 aliphatic rings. The van der Waals surface area contributed by atoms with E-state index in [9.17, 15) is 14.7 Å². The number of rotatable bonds is 9. The summed E-state index contributed by atoms with van der Waals surface area (Å²) in [6.45, 7) is 8.78. The summed E-state index contributed by atoms with van der Waals surface area (Å²) in [5.41, 5.74) is 4.56. The maximum atomic E-state index is 11.9. The molecule has 0 saturated carbocycles. The first kappa shape index (κ1) is 41.8. The number of benzene rings is 2. The monoisotopic (exact) mass is 774 g/mol. The van der Waals surface area contributed by atoms with Crippen molar-refractivity contribution in [2.75, 3.05) is 28.4 Å². The highest BCUT2D eigenvalue weighted by Gasteiger charge is 2.49. The van der Waals surface area contributed by atoms with Gasteiger partial charge in [-0.25, -0.2) is 4.79 Å². The molecule has 1 fully saturated rings. The van der Waals surface area contributed by atoms with E-state index in [-0.39, 0.29) is 29.5 Å². The fourth-order valence-electron chi connectivity index (χ4n) is 5.77. The minimum atomic E-state index is -2.08. The second kappa shape index (κ2) is 18.2. The number of amides is 1. The summed E-state index contributed by atoms with van der Waals surface area (Å²) in [5, 5.41) is 20.7. The third-order valence-corrected chi connectivity index (χ3v) is 8.94. The number of methoxy groups -OCH3 is 4. The summed E-state index contributed by atoms with van der Waals surface area (Å²) in [6.07, 6.45) is -0.0884. The van der Waals surface area contributed by atoms with Crippen molar-refractivity contribution in [2.24, 2.45) is 11.8 Å². The molecule has 51 heavy (non-hydrogen) atoms. The number of ether oxygens (including phenoxy) is 6. The number of phenols is 1. The molecular formula is C35H45Cl3N2O11. The van der Waals surface area contributed by atoms with Crippen molar-refractivity contribution in [1.82, 2.24) is 5.32 Å². The molecule has 1 saturated heterocycles. The number of allylic oxidation sites excluding steroid dienone is 1. The number of hydrogen-bond acceptors (Lipinski definition) is 12. The van der Waals surface area contributed by atoms with E-state index in [0.29, 0.717) is 30.1 Å². The summed E-state index contributed by atoms with van der Waals surface area (Å²) < 4.78 is 30.3. The fourth-order valence-corrected chi connectivity index (χ4v) is 5.90. The lowest BCUT2D eigenvalue weighted by atomic mass is 9.83. The Labute approximate surface area is 312 Å². The highest BCUT2D eigenvalue weighted by atomic mass is 35.6. The van der Waals surface area contributed by atoms with Crippen LogP contribution in [0.3, 0.4) is 0 Å². The normalized spacial score (nSPS) is 22.3. The SMILES string of the molecule is COC(=O)[C@H]1O[C@H](OC(=N)C(Cl)(Cl)Cl)[C@H](OOC=C(C)C)[C@@H](C)[C@@H]1C.COc1cc2c(c(OC)c1OC)-c1ccc(O)cc1[C@@H](NC(C)=O)CC2. The lowest BCUT2D eigenvalue weighted by Gasteiger charge is -2.41. The average molecular weight is 776 g/mol. The number of aryl methyl sites for hydroxylation is 1. The number of carbonyl (C=O) groups excluding carboxylic acids is 2. The largest absolute Gasteiger partial charge is 0.508 e. The first-order valence-corrected chi connectivity index (χ1v) is 17.1. The van der Waals surface area contributed by atoms with Crippen LogP contribution < -0.4 is 19.5 Å². The number of phenolic OH excluding ortho intramolecular Hbond substituents is 1. The molecule has 1 heterocycles. The molecule has 0 aromatic heterocycles. The minimum Gasteiger partial charge on any atom is -0.508 e. The van der Waals surface area contributed by atoms with Crippen LogP contribution in [0.25, 0.3) is 11.1 Å². The smallest absolute Gasteiger partial charge is 0.335 e. The topological polar surface area (TPSA) is 164 Å². The molecule has 1 aliphatic carbocycles. The highest BCUT2D eigenvalue weighted by molar-refractivity contribution is 6.76. The van der Waals surface area contributed by atoms with E-state index in [1.54, 1.807) is 40.4 Å². The Morgan fingerprint density at radius 2 is 1.67 bits per heavy atom. The van der Waals surface area contributed by atoms with Gasteiger partial charge in [-0.2, -0.15) is 4.89 Å². The Hall–Kier alpha value is -3.62. The van der Waals surface area contributed by atoms with Crippen molar-refractivity contribution in [3.8, 4) is 34.1 Å². The van der Waals surface area contributed by atoms with E-state index >= 15 is 0 Å². The van der Waals surface area contributed by atoms with Gasteiger partial charge in [-0.3, -0.25) is 10.2 Å². The Kier molecular flexibility index (Phi) is 14.9. The maximum Gasteiger partial charge on any atom is 0.335 e. The van der Waals surface area contributed by atoms with Gasteiger partial charge in [0.15, 0.2) is 23.7 Å². The van der Waals surface area contributed by atoms with Crippen LogP contribution in [-0.4, -0.2) is 73.6 Å². The van der Waals surface area contributed by atoms with E-state index in [4.69, 9.17) is 78.4 Å². The van der Waals surface area contributed by atoms with Crippen molar-refractivity contribution < 1.29 is 52.9 Å². The molecule has 1 amide bonds. The molecule has 0 radical (unpaired) electrons. The minimum absolute atomic E-state index is 0.114. The molecule has 2 aromatic carbocycles. The molecule has 0 bridgehead atoms. The summed E-state index contributed by atoms with van der Waals surface area (Å²) >= 11 is 16.9. The number of esters is 1. The number of hydrogen-bond donors (Lipinski definition) is 3. The lowest BCUT2D eigenvalue weighted by Crippen LogP contribution is -2.55. The summed E-state index contributed by atoms with van der Waals surface area (Å²) in [5.74, 6) is -0.0179. The summed E-state index contributed by atoms with van der Waals surface area (Å²) in [6, 6.07) is 6.92. The van der Waals surface area contributed by atoms with E-state index in [1.165, 1.54) is 20.3 Å². The third kappa shape index (κ3) is 10.3. The van der Waals surface area contributed by atoms with E-state index in [1.807, 2.05) is 32.9 Å². The Bertz CT molecular complexity index is 1590. The van der Waals surface area contributed by atoms with Crippen LogP contribution in [0, 0.1) is 17.2 Å². The fraction of sp³-hybridized carbons (Fsp3) is 0.514. The zero-order chi connectivity index (χ0) is 38.2. The second-order valence-electron chi connectivity index (χ2n) is 12.2. The predicted molar refractivity (Wildman–Crippen MR) is 192 cm³/mol. The third-order valence-electron chi connectivity index (χ3n) is 8.42. The van der Waals surface area contributed by atoms with Crippen LogP contribution in [0.1, 0.15) is 58.2 Å². The van der Waals surface area contributed by atoms with Gasteiger partial charge in [0.1, 0.15) is 12.0 Å². The standard InChI is InChI=1S/C20H23NO5.C15H22Cl3NO6/c1-11(22)21-16-8-5-12-9-17(24-2)19(25-3)20(26-4)18(12)14-7-6-13(23)10-15(14)16;1-7(2)6-22-25-11-9(4)8(3)10(12(20)21-5)23-13(11)24-14(19)15(16,17)18/h6-7,9-10,16,23H,5,8H2,1-4H3,(H,21,22);6,8-11,13,19H,1-5H3/t16-;8-,9-,10-,11+,13+/m00/s1. The van der Waals surface area contributed by atoms with Gasteiger partial charge < -0.3 is 43.7 Å². The Morgan fingerprint density at radius 3 is 2.22 bits per heavy atom. The maximum absolute atomic E-state index is 11.9. The van der Waals surface area contributed by atoms with Crippen LogP contribution in [0.4, 0.5) is 0 Å². The first-order valence-electron chi connectivity index (χ1n) is 15.9. The predicted octanol–water partition coefficient (Wildman–Crippen LogP) is 6.97. The van der Waals surface area contributed by atoms with Crippen LogP contribution >= 0.6 is 34.8 Å². The van der Waals surface area contributed by atoms with Crippen LogP contribution in [0.5, 0.6) is 23.0 Å². The Balaban J connectivity index is 0.000000276. The van der Waals surface area contributed by atoms with Crippen LogP contribution in [-0.2, 0) is 40.0 Å². The van der Waals surface area contributed by atoms with Gasteiger partial charge in [-0.1, -0.05) is 54.7 Å². The van der Waals surface area contributed by atoms with Gasteiger partial charge in [0.2, 0.25) is 23.8 Å². The number of carbonyl (C=O) groups is 2. The molecule has 13 nitrogen and oxygen atoms in total. The van der Waals surface area contributed by atoms with E-state index in [2.05, 4.69) is 5.32 Å². The average Bonchev–Trinajstić information content (AvgIpc) is 3.21. The summed E-state index contributed by atoms with van der Waals surface area (Å²) in [4.78, 5) is 34.0. The molecule has 0 unspecified atom stereocenters. The van der Waals surface area contributed by atoms with Crippen molar-refractivity contribution in [2.45, 2.75) is 75.8 Å². The number of nitrogens with one attached hydrogen (secondary N) is 2. The molecule has 1 aliphatic heterocycles. The van der Waals surface area contributed by atoms with E-state index < -0.39 is 34.2 Å². The molecule has 3 N–H and O–H groups in total. The van der Waals surface area contributed by atoms with E-state index in [0.717, 1.165) is 27.8 Å². The van der Waals surface area contributed by atoms with Gasteiger partial charge in [0, 0.05) is 12.5 Å². The zero-order valence-corrected chi connectivity index (χ0v) is 32.2. The molecule has 6 atom stereocenters. The van der Waals surface area contributed by atoms with Crippen molar-refractivity contribution in [1.29, 1.82) is 5.41 Å². The molecular weight excluding hydrogens is 731 g/mol. The van der Waals surface area contributed by atoms with Crippen molar-refractivity contribution >= 4 is 52.6 Å². The van der Waals surface area contributed by atoms with Gasteiger partial charge in [-0.15, -0.1) is 0 Å². The molecule has 282 valence electrons. The lowest BCUT2D eigenvalue weighted by molar-refractivity contribution is -0.362. The molecule has 16 heteroatoms.